The van der Waals surface area contributed by atoms with E-state index in [1.165, 1.54) is 0 Å². The van der Waals surface area contributed by atoms with E-state index >= 15 is 0 Å². The molecule has 0 aromatic rings. The minimum atomic E-state index is -1.15. The van der Waals surface area contributed by atoms with Crippen molar-refractivity contribution in [1.82, 2.24) is 0 Å². The van der Waals surface area contributed by atoms with E-state index in [2.05, 4.69) is 13.5 Å². The van der Waals surface area contributed by atoms with Gasteiger partial charge >= 0.3 is 0 Å². The summed E-state index contributed by atoms with van der Waals surface area (Å²) < 4.78 is 0. The SMILES string of the molecule is C=C1C(=O)[C@]23[C@H](O)C[C@H]4C(C)(C)C(=O)C=C[C@]4(C)[C@H]2CC[C@@H]1[C@H]3O. The molecule has 0 aliphatic heterocycles. The Bertz CT molecular complexity index is 690. The average molecular weight is 330 g/mol. The van der Waals surface area contributed by atoms with Crippen molar-refractivity contribution in [2.45, 2.75) is 52.2 Å². The highest BCUT2D eigenvalue weighted by Crippen LogP contribution is 2.69. The molecule has 0 saturated heterocycles. The van der Waals surface area contributed by atoms with E-state index in [-0.39, 0.29) is 34.7 Å². The lowest BCUT2D eigenvalue weighted by Crippen LogP contribution is -2.67. The first-order chi connectivity index (χ1) is 11.1. The van der Waals surface area contributed by atoms with E-state index in [1.54, 1.807) is 6.08 Å². The molecule has 24 heavy (non-hydrogen) atoms. The monoisotopic (exact) mass is 330 g/mol. The van der Waals surface area contributed by atoms with Crippen molar-refractivity contribution in [1.29, 1.82) is 0 Å². The number of carbonyl (C=O) groups is 2. The lowest BCUT2D eigenvalue weighted by Gasteiger charge is -2.62. The van der Waals surface area contributed by atoms with Gasteiger partial charge in [0.15, 0.2) is 11.6 Å². The lowest BCUT2D eigenvalue weighted by molar-refractivity contribution is -0.205. The highest BCUT2D eigenvalue weighted by Gasteiger charge is 2.73. The van der Waals surface area contributed by atoms with E-state index in [0.717, 1.165) is 12.8 Å². The van der Waals surface area contributed by atoms with E-state index in [0.29, 0.717) is 12.0 Å². The van der Waals surface area contributed by atoms with Gasteiger partial charge in [-0.15, -0.1) is 0 Å². The zero-order valence-corrected chi connectivity index (χ0v) is 14.6. The Kier molecular flexibility index (Phi) is 3.02. The molecule has 4 nitrogen and oxygen atoms in total. The van der Waals surface area contributed by atoms with Crippen molar-refractivity contribution >= 4 is 11.6 Å². The molecule has 0 radical (unpaired) electrons. The third-order valence-corrected chi connectivity index (χ3v) is 7.96. The Hall–Kier alpha value is -1.26. The second-order valence-electron chi connectivity index (χ2n) is 9.06. The van der Waals surface area contributed by atoms with Crippen molar-refractivity contribution < 1.29 is 19.8 Å². The van der Waals surface area contributed by atoms with Gasteiger partial charge in [0, 0.05) is 11.3 Å². The molecule has 0 unspecified atom stereocenters. The molecule has 7 atom stereocenters. The Morgan fingerprint density at radius 1 is 1.12 bits per heavy atom. The zero-order chi connectivity index (χ0) is 17.7. The van der Waals surface area contributed by atoms with Gasteiger partial charge in [0.2, 0.25) is 0 Å². The summed E-state index contributed by atoms with van der Waals surface area (Å²) in [5, 5.41) is 22.0. The molecular formula is C20H26O4. The number of allylic oxidation sites excluding steroid dienone is 2. The molecule has 0 aromatic heterocycles. The summed E-state index contributed by atoms with van der Waals surface area (Å²) in [7, 11) is 0. The molecule has 0 amide bonds. The maximum Gasteiger partial charge on any atom is 0.170 e. The fraction of sp³-hybridized carbons (Fsp3) is 0.700. The number of aliphatic hydroxyl groups excluding tert-OH is 2. The molecule has 130 valence electrons. The molecule has 0 heterocycles. The average Bonchev–Trinajstić information content (AvgIpc) is 2.64. The number of ketones is 2. The maximum atomic E-state index is 13.1. The predicted molar refractivity (Wildman–Crippen MR) is 88.9 cm³/mol. The number of carbonyl (C=O) groups excluding carboxylic acids is 2. The smallest absolute Gasteiger partial charge is 0.170 e. The molecule has 2 bridgehead atoms. The summed E-state index contributed by atoms with van der Waals surface area (Å²) >= 11 is 0. The van der Waals surface area contributed by atoms with Crippen LogP contribution in [0.15, 0.2) is 24.3 Å². The Balaban J connectivity index is 1.93. The highest BCUT2D eigenvalue weighted by atomic mass is 16.3. The summed E-state index contributed by atoms with van der Waals surface area (Å²) in [5.41, 5.74) is -1.64. The largest absolute Gasteiger partial charge is 0.392 e. The minimum absolute atomic E-state index is 0.0430. The van der Waals surface area contributed by atoms with E-state index in [1.807, 2.05) is 19.9 Å². The van der Waals surface area contributed by atoms with Crippen LogP contribution in [0.4, 0.5) is 0 Å². The fourth-order valence-electron chi connectivity index (χ4n) is 6.65. The number of hydrogen-bond donors (Lipinski definition) is 2. The Labute approximate surface area is 142 Å². The summed E-state index contributed by atoms with van der Waals surface area (Å²) in [6, 6.07) is 0. The summed E-state index contributed by atoms with van der Waals surface area (Å²) in [6.45, 7) is 9.89. The summed E-state index contributed by atoms with van der Waals surface area (Å²) in [4.78, 5) is 25.5. The van der Waals surface area contributed by atoms with Crippen molar-refractivity contribution in [3.05, 3.63) is 24.3 Å². The van der Waals surface area contributed by atoms with Crippen molar-refractivity contribution in [2.24, 2.45) is 34.0 Å². The normalized spacial score (nSPS) is 52.2. The molecule has 1 spiro atoms. The van der Waals surface area contributed by atoms with Crippen molar-refractivity contribution in [2.75, 3.05) is 0 Å². The van der Waals surface area contributed by atoms with Gasteiger partial charge in [0.25, 0.3) is 0 Å². The zero-order valence-electron chi connectivity index (χ0n) is 14.6. The lowest BCUT2D eigenvalue weighted by atomic mass is 9.41. The molecule has 3 fully saturated rings. The molecule has 0 aromatic carbocycles. The highest BCUT2D eigenvalue weighted by molar-refractivity contribution is 6.04. The summed E-state index contributed by atoms with van der Waals surface area (Å²) in [5.74, 6) is -0.521. The molecule has 2 N–H and O–H groups in total. The third kappa shape index (κ3) is 1.49. The first kappa shape index (κ1) is 16.2. The molecular weight excluding hydrogens is 304 g/mol. The first-order valence-electron chi connectivity index (χ1n) is 8.93. The number of hydrogen-bond acceptors (Lipinski definition) is 4. The predicted octanol–water partition coefficient (Wildman–Crippen LogP) is 2.05. The third-order valence-electron chi connectivity index (χ3n) is 7.96. The van der Waals surface area contributed by atoms with Crippen LogP contribution in [0.25, 0.3) is 0 Å². The molecule has 4 heteroatoms. The van der Waals surface area contributed by atoms with Crippen LogP contribution in [0.5, 0.6) is 0 Å². The van der Waals surface area contributed by atoms with Crippen LogP contribution in [0.1, 0.15) is 40.0 Å². The fourth-order valence-corrected chi connectivity index (χ4v) is 6.65. The Morgan fingerprint density at radius 2 is 1.79 bits per heavy atom. The standard InChI is InChI=1S/C20H26O4/c1-10-11-5-6-12-19(4)8-7-14(21)18(2,3)13(19)9-15(22)20(12,16(10)23)17(11)24/h7-8,11-13,15,17,22,24H,1,5-6,9H2,2-4H3/t11-,12+,13-,15+,17+,19+,20+/m0/s1. The van der Waals surface area contributed by atoms with Gasteiger partial charge < -0.3 is 10.2 Å². The van der Waals surface area contributed by atoms with Crippen LogP contribution in [0.2, 0.25) is 0 Å². The van der Waals surface area contributed by atoms with Gasteiger partial charge in [-0.2, -0.15) is 0 Å². The van der Waals surface area contributed by atoms with Crippen LogP contribution in [-0.2, 0) is 9.59 Å². The quantitative estimate of drug-likeness (QED) is 0.667. The molecule has 4 aliphatic carbocycles. The first-order valence-corrected chi connectivity index (χ1v) is 8.93. The Morgan fingerprint density at radius 3 is 2.46 bits per heavy atom. The van der Waals surface area contributed by atoms with Crippen LogP contribution in [0.3, 0.4) is 0 Å². The number of Topliss-reactive ketones (excluding diaryl/α,β-unsaturated/α-hetero) is 1. The maximum absolute atomic E-state index is 13.1. The van der Waals surface area contributed by atoms with Gasteiger partial charge in [0.05, 0.1) is 17.6 Å². The molecule has 4 rings (SSSR count). The number of fused-ring (bicyclic) bond motifs is 3. The van der Waals surface area contributed by atoms with Crippen LogP contribution < -0.4 is 0 Å². The van der Waals surface area contributed by atoms with Crippen LogP contribution in [0, 0.1) is 34.0 Å². The molecule has 3 saturated carbocycles. The van der Waals surface area contributed by atoms with Crippen molar-refractivity contribution in [3.8, 4) is 0 Å². The number of rotatable bonds is 0. The van der Waals surface area contributed by atoms with Gasteiger partial charge in [-0.3, -0.25) is 9.59 Å². The summed E-state index contributed by atoms with van der Waals surface area (Å²) in [6.07, 6.45) is 3.65. The van der Waals surface area contributed by atoms with Gasteiger partial charge in [-0.05, 0) is 48.2 Å². The van der Waals surface area contributed by atoms with Gasteiger partial charge in [-0.1, -0.05) is 33.4 Å². The second-order valence-corrected chi connectivity index (χ2v) is 9.06. The van der Waals surface area contributed by atoms with Crippen LogP contribution >= 0.6 is 0 Å². The van der Waals surface area contributed by atoms with Gasteiger partial charge in [0.1, 0.15) is 0 Å². The van der Waals surface area contributed by atoms with Crippen molar-refractivity contribution in [3.63, 3.8) is 0 Å². The van der Waals surface area contributed by atoms with E-state index in [4.69, 9.17) is 0 Å². The van der Waals surface area contributed by atoms with Crippen LogP contribution in [-0.4, -0.2) is 34.0 Å². The molecule has 4 aliphatic rings. The number of aliphatic hydroxyl groups is 2. The minimum Gasteiger partial charge on any atom is -0.392 e. The van der Waals surface area contributed by atoms with Gasteiger partial charge in [-0.25, -0.2) is 0 Å². The van der Waals surface area contributed by atoms with E-state index in [9.17, 15) is 19.8 Å². The topological polar surface area (TPSA) is 74.6 Å². The second kappa shape index (κ2) is 4.47. The van der Waals surface area contributed by atoms with E-state index < -0.39 is 23.0 Å².